The van der Waals surface area contributed by atoms with Crippen LogP contribution in [0.25, 0.3) is 0 Å². The van der Waals surface area contributed by atoms with Crippen LogP contribution in [0.3, 0.4) is 0 Å². The third kappa shape index (κ3) is 4.40. The first-order valence-electron chi connectivity index (χ1n) is 7.37. The minimum absolute atomic E-state index is 0.0873. The molecule has 1 aliphatic rings. The summed E-state index contributed by atoms with van der Waals surface area (Å²) in [5, 5.41) is -0.105. The summed E-state index contributed by atoms with van der Waals surface area (Å²) in [6.07, 6.45) is 0. The number of anilines is 1. The van der Waals surface area contributed by atoms with Crippen molar-refractivity contribution in [1.82, 2.24) is 0 Å². The normalized spacial score (nSPS) is 13.3. The molecule has 1 aliphatic heterocycles. The zero-order valence-corrected chi connectivity index (χ0v) is 14.9. The second kappa shape index (κ2) is 7.71. The molecule has 0 saturated heterocycles. The number of benzene rings is 2. The zero-order chi connectivity index (χ0) is 17.8. The summed E-state index contributed by atoms with van der Waals surface area (Å²) < 4.78 is 25.8. The molecule has 1 atom stereocenters. The predicted octanol–water partition coefficient (Wildman–Crippen LogP) is 3.01. The fraction of sp³-hybridized carbons (Fsp3) is 0.176. The second-order valence-electron chi connectivity index (χ2n) is 5.17. The SMILES string of the molecule is CC(=O)SCC(=O)c1cccc(NS(=O)c2ccc3c(c2)OCO3)c1. The monoisotopic (exact) mass is 377 g/mol. The number of nitrogens with one attached hydrogen (secondary N) is 1. The highest BCUT2D eigenvalue weighted by atomic mass is 32.2. The molecule has 0 aromatic heterocycles. The third-order valence-electron chi connectivity index (χ3n) is 3.36. The fourth-order valence-electron chi connectivity index (χ4n) is 2.16. The van der Waals surface area contributed by atoms with Crippen LogP contribution in [0.1, 0.15) is 17.3 Å². The highest BCUT2D eigenvalue weighted by Crippen LogP contribution is 2.33. The van der Waals surface area contributed by atoms with Crippen molar-refractivity contribution in [3.63, 3.8) is 0 Å². The molecular weight excluding hydrogens is 362 g/mol. The van der Waals surface area contributed by atoms with Crippen molar-refractivity contribution in [2.75, 3.05) is 17.3 Å². The molecule has 25 heavy (non-hydrogen) atoms. The van der Waals surface area contributed by atoms with Crippen molar-refractivity contribution in [2.24, 2.45) is 0 Å². The number of ketones is 1. The average Bonchev–Trinajstić information content (AvgIpc) is 3.07. The van der Waals surface area contributed by atoms with Gasteiger partial charge in [0.2, 0.25) is 6.79 Å². The molecule has 0 saturated carbocycles. The van der Waals surface area contributed by atoms with Gasteiger partial charge in [-0.1, -0.05) is 23.9 Å². The number of carbonyl (C=O) groups excluding carboxylic acids is 2. The second-order valence-corrected chi connectivity index (χ2v) is 7.54. The fourth-order valence-corrected chi connectivity index (χ4v) is 3.53. The largest absolute Gasteiger partial charge is 0.454 e. The lowest BCUT2D eigenvalue weighted by Crippen LogP contribution is -2.07. The van der Waals surface area contributed by atoms with E-state index in [1.807, 2.05) is 0 Å². The Morgan fingerprint density at radius 1 is 1.16 bits per heavy atom. The van der Waals surface area contributed by atoms with Crippen LogP contribution >= 0.6 is 11.8 Å². The summed E-state index contributed by atoms with van der Waals surface area (Å²) in [6.45, 7) is 1.58. The molecular formula is C17H15NO5S2. The van der Waals surface area contributed by atoms with Gasteiger partial charge in [-0.3, -0.25) is 9.59 Å². The Labute approximate surface area is 151 Å². The minimum atomic E-state index is -1.52. The van der Waals surface area contributed by atoms with Crippen LogP contribution in [-0.4, -0.2) is 27.7 Å². The number of thioether (sulfide) groups is 1. The van der Waals surface area contributed by atoms with Gasteiger partial charge in [0, 0.05) is 24.2 Å². The van der Waals surface area contributed by atoms with E-state index in [-0.39, 0.29) is 23.4 Å². The summed E-state index contributed by atoms with van der Waals surface area (Å²) in [5.74, 6) is 1.11. The molecule has 0 bridgehead atoms. The molecule has 2 aromatic carbocycles. The van der Waals surface area contributed by atoms with Crippen LogP contribution in [0.4, 0.5) is 5.69 Å². The Hall–Kier alpha value is -2.32. The number of rotatable bonds is 6. The van der Waals surface area contributed by atoms with E-state index in [1.54, 1.807) is 42.5 Å². The Bertz CT molecular complexity index is 853. The molecule has 0 radical (unpaired) electrons. The van der Waals surface area contributed by atoms with Gasteiger partial charge in [-0.05, 0) is 24.3 Å². The highest BCUT2D eigenvalue weighted by Gasteiger charge is 2.16. The van der Waals surface area contributed by atoms with E-state index in [0.717, 1.165) is 11.8 Å². The summed E-state index contributed by atoms with van der Waals surface area (Å²) >= 11 is 0.968. The topological polar surface area (TPSA) is 81.7 Å². The molecule has 1 unspecified atom stereocenters. The standard InChI is InChI=1S/C17H15NO5S2/c1-11(19)24-9-15(20)12-3-2-4-13(7-12)18-25(21)14-5-6-16-17(8-14)23-10-22-16/h2-8,18H,9-10H2,1H3. The van der Waals surface area contributed by atoms with E-state index in [2.05, 4.69) is 4.72 Å². The lowest BCUT2D eigenvalue weighted by Gasteiger charge is -2.08. The number of hydrogen-bond acceptors (Lipinski definition) is 6. The van der Waals surface area contributed by atoms with Crippen molar-refractivity contribution in [3.8, 4) is 11.5 Å². The van der Waals surface area contributed by atoms with E-state index in [1.165, 1.54) is 6.92 Å². The van der Waals surface area contributed by atoms with Crippen LogP contribution in [0, 0.1) is 0 Å². The van der Waals surface area contributed by atoms with Gasteiger partial charge in [-0.2, -0.15) is 0 Å². The Morgan fingerprint density at radius 3 is 2.76 bits per heavy atom. The van der Waals surface area contributed by atoms with Crippen molar-refractivity contribution < 1.29 is 23.3 Å². The molecule has 0 fully saturated rings. The molecule has 0 amide bonds. The van der Waals surface area contributed by atoms with Crippen molar-refractivity contribution in [1.29, 1.82) is 0 Å². The van der Waals surface area contributed by atoms with Crippen LogP contribution in [0.2, 0.25) is 0 Å². The molecule has 1 heterocycles. The van der Waals surface area contributed by atoms with E-state index in [9.17, 15) is 13.8 Å². The lowest BCUT2D eigenvalue weighted by molar-refractivity contribution is -0.109. The first-order valence-corrected chi connectivity index (χ1v) is 9.51. The van der Waals surface area contributed by atoms with Gasteiger partial charge in [0.1, 0.15) is 11.0 Å². The Kier molecular flexibility index (Phi) is 5.40. The maximum absolute atomic E-state index is 12.5. The molecule has 130 valence electrons. The van der Waals surface area contributed by atoms with E-state index >= 15 is 0 Å². The van der Waals surface area contributed by atoms with Crippen LogP contribution in [0.5, 0.6) is 11.5 Å². The molecule has 8 heteroatoms. The quantitative estimate of drug-likeness (QED) is 0.780. The number of ether oxygens (including phenoxy) is 2. The number of fused-ring (bicyclic) bond motifs is 1. The molecule has 3 rings (SSSR count). The lowest BCUT2D eigenvalue weighted by atomic mass is 10.1. The maximum atomic E-state index is 12.5. The van der Waals surface area contributed by atoms with Gasteiger partial charge in [-0.15, -0.1) is 0 Å². The smallest absolute Gasteiger partial charge is 0.231 e. The molecule has 1 N–H and O–H groups in total. The van der Waals surface area contributed by atoms with E-state index in [4.69, 9.17) is 9.47 Å². The average molecular weight is 377 g/mol. The van der Waals surface area contributed by atoms with E-state index < -0.39 is 11.0 Å². The van der Waals surface area contributed by atoms with Gasteiger partial charge < -0.3 is 14.2 Å². The zero-order valence-electron chi connectivity index (χ0n) is 13.3. The van der Waals surface area contributed by atoms with Gasteiger partial charge in [0.25, 0.3) is 0 Å². The molecule has 2 aromatic rings. The van der Waals surface area contributed by atoms with Gasteiger partial charge in [-0.25, -0.2) is 4.21 Å². The maximum Gasteiger partial charge on any atom is 0.231 e. The summed E-state index contributed by atoms with van der Waals surface area (Å²) in [7, 11) is -1.52. The van der Waals surface area contributed by atoms with Gasteiger partial charge >= 0.3 is 0 Å². The molecule has 6 nitrogen and oxygen atoms in total. The predicted molar refractivity (Wildman–Crippen MR) is 96.5 cm³/mol. The summed E-state index contributed by atoms with van der Waals surface area (Å²) in [6, 6.07) is 11.8. The van der Waals surface area contributed by atoms with Crippen LogP contribution < -0.4 is 14.2 Å². The van der Waals surface area contributed by atoms with E-state index in [0.29, 0.717) is 27.6 Å². The third-order valence-corrected chi connectivity index (χ3v) is 5.28. The number of carbonyl (C=O) groups is 2. The summed E-state index contributed by atoms with van der Waals surface area (Å²) in [5.41, 5.74) is 1.01. The van der Waals surface area contributed by atoms with Gasteiger partial charge in [0.05, 0.1) is 10.6 Å². The Morgan fingerprint density at radius 2 is 1.96 bits per heavy atom. The number of hydrogen-bond donors (Lipinski definition) is 1. The first-order chi connectivity index (χ1) is 12.0. The van der Waals surface area contributed by atoms with Gasteiger partial charge in [0.15, 0.2) is 22.4 Å². The Balaban J connectivity index is 1.70. The van der Waals surface area contributed by atoms with Crippen LogP contribution in [0.15, 0.2) is 47.4 Å². The molecule has 0 spiro atoms. The van der Waals surface area contributed by atoms with Crippen molar-refractivity contribution in [3.05, 3.63) is 48.0 Å². The highest BCUT2D eigenvalue weighted by molar-refractivity contribution is 8.14. The van der Waals surface area contributed by atoms with Crippen molar-refractivity contribution >= 4 is 39.3 Å². The molecule has 0 aliphatic carbocycles. The number of Topliss-reactive ketones (excluding diaryl/α,β-unsaturated/α-hetero) is 1. The van der Waals surface area contributed by atoms with Crippen molar-refractivity contribution in [2.45, 2.75) is 11.8 Å². The van der Waals surface area contributed by atoms with Crippen LogP contribution in [-0.2, 0) is 15.8 Å². The minimum Gasteiger partial charge on any atom is -0.454 e. The summed E-state index contributed by atoms with van der Waals surface area (Å²) in [4.78, 5) is 23.6. The first kappa shape index (κ1) is 17.5.